The lowest BCUT2D eigenvalue weighted by Crippen LogP contribution is -2.34. The van der Waals surface area contributed by atoms with Crippen molar-refractivity contribution >= 4 is 23.2 Å². The molecule has 0 aliphatic heterocycles. The second-order valence-electron chi connectivity index (χ2n) is 4.24. The maximum atomic E-state index is 13.4. The maximum absolute atomic E-state index is 13.4. The van der Waals surface area contributed by atoms with E-state index in [1.165, 1.54) is 35.7 Å². The van der Waals surface area contributed by atoms with Crippen LogP contribution in [-0.4, -0.2) is 29.9 Å². The van der Waals surface area contributed by atoms with E-state index in [9.17, 15) is 14.0 Å². The Bertz CT molecular complexity index is 657. The van der Waals surface area contributed by atoms with Gasteiger partial charge in [0.15, 0.2) is 0 Å². The number of amides is 2. The summed E-state index contributed by atoms with van der Waals surface area (Å²) in [6, 6.07) is 5.74. The van der Waals surface area contributed by atoms with E-state index in [2.05, 4.69) is 15.6 Å². The summed E-state index contributed by atoms with van der Waals surface area (Å²) in [7, 11) is 0. The largest absolute Gasteiger partial charge is 0.350 e. The van der Waals surface area contributed by atoms with Gasteiger partial charge in [-0.05, 0) is 19.1 Å². The van der Waals surface area contributed by atoms with Crippen LogP contribution in [0.15, 0.2) is 30.5 Å². The summed E-state index contributed by atoms with van der Waals surface area (Å²) in [5.41, 5.74) is -0.0121. The van der Waals surface area contributed by atoms with Crippen LogP contribution in [-0.2, 0) is 0 Å². The van der Waals surface area contributed by atoms with Gasteiger partial charge in [-0.25, -0.2) is 9.37 Å². The van der Waals surface area contributed by atoms with Crippen molar-refractivity contribution in [1.29, 1.82) is 0 Å². The minimum Gasteiger partial charge on any atom is -0.350 e. The van der Waals surface area contributed by atoms with E-state index in [1.807, 2.05) is 6.92 Å². The molecule has 0 bridgehead atoms. The minimum absolute atomic E-state index is 0.0121. The summed E-state index contributed by atoms with van der Waals surface area (Å²) in [6.45, 7) is 2.29. The summed E-state index contributed by atoms with van der Waals surface area (Å²) in [4.78, 5) is 27.9. The highest BCUT2D eigenvalue weighted by atomic mass is 32.1. The third kappa shape index (κ3) is 4.09. The Balaban J connectivity index is 1.76. The Morgan fingerprint density at radius 2 is 1.86 bits per heavy atom. The number of carbonyl (C=O) groups excluding carboxylic acids is 2. The van der Waals surface area contributed by atoms with Crippen LogP contribution in [0.3, 0.4) is 0 Å². The Morgan fingerprint density at radius 1 is 1.19 bits per heavy atom. The standard InChI is InChI=1S/C14H14FN3O2S/c1-9-18-8-12(21-9)14(20)17-7-6-16-13(19)10-4-2-3-5-11(10)15/h2-5,8H,6-7H2,1H3,(H,16,19)(H,17,20). The van der Waals surface area contributed by atoms with Crippen LogP contribution in [0, 0.1) is 12.7 Å². The monoisotopic (exact) mass is 307 g/mol. The van der Waals surface area contributed by atoms with Crippen LogP contribution in [0.4, 0.5) is 4.39 Å². The second kappa shape index (κ2) is 6.94. The maximum Gasteiger partial charge on any atom is 0.263 e. The lowest BCUT2D eigenvalue weighted by molar-refractivity contribution is 0.0927. The average molecular weight is 307 g/mol. The van der Waals surface area contributed by atoms with E-state index in [-0.39, 0.29) is 24.6 Å². The molecule has 0 saturated heterocycles. The van der Waals surface area contributed by atoms with Gasteiger partial charge in [0.2, 0.25) is 0 Å². The van der Waals surface area contributed by atoms with Crippen molar-refractivity contribution < 1.29 is 14.0 Å². The molecule has 0 saturated carbocycles. The van der Waals surface area contributed by atoms with Crippen LogP contribution in [0.1, 0.15) is 25.0 Å². The van der Waals surface area contributed by atoms with Crippen LogP contribution in [0.25, 0.3) is 0 Å². The smallest absolute Gasteiger partial charge is 0.263 e. The molecule has 21 heavy (non-hydrogen) atoms. The molecule has 0 atom stereocenters. The average Bonchev–Trinajstić information content (AvgIpc) is 2.90. The first kappa shape index (κ1) is 15.1. The van der Waals surface area contributed by atoms with Gasteiger partial charge in [-0.1, -0.05) is 12.1 Å². The predicted octanol–water partition coefficient (Wildman–Crippen LogP) is 1.75. The number of thiazole rings is 1. The zero-order valence-electron chi connectivity index (χ0n) is 11.4. The van der Waals surface area contributed by atoms with Crippen molar-refractivity contribution in [2.75, 3.05) is 13.1 Å². The predicted molar refractivity (Wildman–Crippen MR) is 77.9 cm³/mol. The van der Waals surface area contributed by atoms with Crippen molar-refractivity contribution in [3.05, 3.63) is 51.7 Å². The SMILES string of the molecule is Cc1ncc(C(=O)NCCNC(=O)c2ccccc2F)s1. The van der Waals surface area contributed by atoms with Gasteiger partial charge in [0, 0.05) is 13.1 Å². The van der Waals surface area contributed by atoms with E-state index < -0.39 is 11.7 Å². The highest BCUT2D eigenvalue weighted by Gasteiger charge is 2.11. The molecule has 0 spiro atoms. The molecule has 2 rings (SSSR count). The van der Waals surface area contributed by atoms with Gasteiger partial charge < -0.3 is 10.6 Å². The number of halogens is 1. The molecule has 1 aromatic carbocycles. The van der Waals surface area contributed by atoms with Crippen molar-refractivity contribution in [2.45, 2.75) is 6.92 Å². The number of nitrogens with zero attached hydrogens (tertiary/aromatic N) is 1. The van der Waals surface area contributed by atoms with Crippen LogP contribution < -0.4 is 10.6 Å². The number of aromatic nitrogens is 1. The van der Waals surface area contributed by atoms with E-state index in [0.717, 1.165) is 5.01 Å². The molecule has 2 amide bonds. The molecule has 1 heterocycles. The molecule has 2 N–H and O–H groups in total. The Labute approximate surface area is 125 Å². The van der Waals surface area contributed by atoms with Crippen molar-refractivity contribution in [2.24, 2.45) is 0 Å². The number of rotatable bonds is 5. The van der Waals surface area contributed by atoms with Gasteiger partial charge in [0.05, 0.1) is 16.8 Å². The molecule has 7 heteroatoms. The van der Waals surface area contributed by atoms with Gasteiger partial charge in [-0.2, -0.15) is 0 Å². The Morgan fingerprint density at radius 3 is 2.48 bits per heavy atom. The molecule has 0 radical (unpaired) electrons. The minimum atomic E-state index is -0.570. The van der Waals surface area contributed by atoms with Crippen LogP contribution in [0.2, 0.25) is 0 Å². The normalized spacial score (nSPS) is 10.2. The van der Waals surface area contributed by atoms with Crippen molar-refractivity contribution in [3.63, 3.8) is 0 Å². The topological polar surface area (TPSA) is 71.1 Å². The van der Waals surface area contributed by atoms with Gasteiger partial charge in [0.1, 0.15) is 10.7 Å². The Kier molecular flexibility index (Phi) is 4.99. The van der Waals surface area contributed by atoms with E-state index in [0.29, 0.717) is 4.88 Å². The zero-order valence-corrected chi connectivity index (χ0v) is 12.2. The molecule has 0 unspecified atom stereocenters. The first-order chi connectivity index (χ1) is 10.1. The van der Waals surface area contributed by atoms with Gasteiger partial charge in [-0.15, -0.1) is 11.3 Å². The quantitative estimate of drug-likeness (QED) is 0.827. The summed E-state index contributed by atoms with van der Waals surface area (Å²) >= 11 is 1.30. The van der Waals surface area contributed by atoms with Gasteiger partial charge in [0.25, 0.3) is 11.8 Å². The molecule has 5 nitrogen and oxygen atoms in total. The second-order valence-corrected chi connectivity index (χ2v) is 5.47. The Hall–Kier alpha value is -2.28. The molecule has 0 aliphatic carbocycles. The first-order valence-electron chi connectivity index (χ1n) is 6.31. The number of hydrogen-bond acceptors (Lipinski definition) is 4. The van der Waals surface area contributed by atoms with Crippen LogP contribution >= 0.6 is 11.3 Å². The fraction of sp³-hybridized carbons (Fsp3) is 0.214. The van der Waals surface area contributed by atoms with Crippen LogP contribution in [0.5, 0.6) is 0 Å². The fourth-order valence-corrected chi connectivity index (χ4v) is 2.34. The molecule has 1 aromatic heterocycles. The molecular formula is C14H14FN3O2S. The molecule has 0 fully saturated rings. The van der Waals surface area contributed by atoms with E-state index in [1.54, 1.807) is 6.07 Å². The van der Waals surface area contributed by atoms with Gasteiger partial charge >= 0.3 is 0 Å². The number of hydrogen-bond donors (Lipinski definition) is 2. The zero-order chi connectivity index (χ0) is 15.2. The summed E-state index contributed by atoms with van der Waals surface area (Å²) in [5.74, 6) is -1.31. The highest BCUT2D eigenvalue weighted by molar-refractivity contribution is 7.13. The number of carbonyl (C=O) groups is 2. The lowest BCUT2D eigenvalue weighted by Gasteiger charge is -2.06. The van der Waals surface area contributed by atoms with Crippen molar-refractivity contribution in [1.82, 2.24) is 15.6 Å². The summed E-state index contributed by atoms with van der Waals surface area (Å²) in [6.07, 6.45) is 1.51. The highest BCUT2D eigenvalue weighted by Crippen LogP contribution is 2.10. The third-order valence-electron chi connectivity index (χ3n) is 2.66. The van der Waals surface area contributed by atoms with Gasteiger partial charge in [-0.3, -0.25) is 9.59 Å². The molecule has 2 aromatic rings. The first-order valence-corrected chi connectivity index (χ1v) is 7.13. The summed E-state index contributed by atoms with van der Waals surface area (Å²) < 4.78 is 13.4. The number of aryl methyl sites for hydroxylation is 1. The molecule has 110 valence electrons. The van der Waals surface area contributed by atoms with E-state index >= 15 is 0 Å². The summed E-state index contributed by atoms with van der Waals surface area (Å²) in [5, 5.41) is 6.02. The molecular weight excluding hydrogens is 293 g/mol. The lowest BCUT2D eigenvalue weighted by atomic mass is 10.2. The third-order valence-corrected chi connectivity index (χ3v) is 3.57. The number of benzene rings is 1. The fourth-order valence-electron chi connectivity index (χ4n) is 1.65. The van der Waals surface area contributed by atoms with Crippen molar-refractivity contribution in [3.8, 4) is 0 Å². The molecule has 0 aliphatic rings. The van der Waals surface area contributed by atoms with E-state index in [4.69, 9.17) is 0 Å². The number of nitrogens with one attached hydrogen (secondary N) is 2.